The van der Waals surface area contributed by atoms with Crippen molar-refractivity contribution in [1.82, 2.24) is 0 Å². The molecular formula is C12H21NO. The van der Waals surface area contributed by atoms with Crippen LogP contribution in [-0.4, -0.2) is 11.8 Å². The summed E-state index contributed by atoms with van der Waals surface area (Å²) in [6.07, 6.45) is 6.89. The fourth-order valence-electron chi connectivity index (χ4n) is 3.36. The van der Waals surface area contributed by atoms with Crippen LogP contribution in [0.3, 0.4) is 0 Å². The molecule has 0 amide bonds. The van der Waals surface area contributed by atoms with Gasteiger partial charge in [0.05, 0.1) is 0 Å². The maximum atomic E-state index is 11.6. The first-order valence-corrected chi connectivity index (χ1v) is 5.92. The standard InChI is InChI=1S/C12H21NO/c1-8(13)4-12(14)7-11-6-9-2-3-10(11)5-9/h8-11H,2-7,13H2,1H3. The van der Waals surface area contributed by atoms with Crippen molar-refractivity contribution in [2.75, 3.05) is 0 Å². The summed E-state index contributed by atoms with van der Waals surface area (Å²) >= 11 is 0. The van der Waals surface area contributed by atoms with Crippen LogP contribution < -0.4 is 5.73 Å². The number of hydrogen-bond acceptors (Lipinski definition) is 2. The first-order valence-electron chi connectivity index (χ1n) is 5.92. The van der Waals surface area contributed by atoms with E-state index >= 15 is 0 Å². The number of nitrogens with two attached hydrogens (primary N) is 1. The second-order valence-corrected chi connectivity index (χ2v) is 5.36. The Morgan fingerprint density at radius 1 is 1.43 bits per heavy atom. The fraction of sp³-hybridized carbons (Fsp3) is 0.917. The Morgan fingerprint density at radius 3 is 2.71 bits per heavy atom. The van der Waals surface area contributed by atoms with Crippen LogP contribution >= 0.6 is 0 Å². The van der Waals surface area contributed by atoms with Gasteiger partial charge in [-0.05, 0) is 43.9 Å². The predicted molar refractivity (Wildman–Crippen MR) is 56.8 cm³/mol. The predicted octanol–water partition coefficient (Wildman–Crippen LogP) is 2.12. The monoisotopic (exact) mass is 195 g/mol. The largest absolute Gasteiger partial charge is 0.328 e. The summed E-state index contributed by atoms with van der Waals surface area (Å²) in [6, 6.07) is 0.0427. The van der Waals surface area contributed by atoms with Gasteiger partial charge < -0.3 is 5.73 Å². The molecule has 2 aliphatic rings. The number of ketones is 1. The van der Waals surface area contributed by atoms with Gasteiger partial charge in [-0.2, -0.15) is 0 Å². The molecule has 2 aliphatic carbocycles. The molecule has 0 spiro atoms. The van der Waals surface area contributed by atoms with Crippen LogP contribution in [0.5, 0.6) is 0 Å². The van der Waals surface area contributed by atoms with Crippen LogP contribution in [0.2, 0.25) is 0 Å². The summed E-state index contributed by atoms with van der Waals surface area (Å²) in [5.41, 5.74) is 5.62. The van der Waals surface area contributed by atoms with E-state index in [1.807, 2.05) is 6.92 Å². The molecule has 0 aromatic carbocycles. The Bertz CT molecular complexity index is 224. The molecule has 2 heteroatoms. The van der Waals surface area contributed by atoms with Gasteiger partial charge in [0.2, 0.25) is 0 Å². The molecule has 2 saturated carbocycles. The van der Waals surface area contributed by atoms with E-state index in [0.717, 1.165) is 18.3 Å². The SMILES string of the molecule is CC(N)CC(=O)CC1CC2CCC1C2. The molecule has 0 radical (unpaired) electrons. The van der Waals surface area contributed by atoms with Gasteiger partial charge in [-0.25, -0.2) is 0 Å². The van der Waals surface area contributed by atoms with Crippen molar-refractivity contribution < 1.29 is 4.79 Å². The molecular weight excluding hydrogens is 174 g/mol. The molecule has 80 valence electrons. The van der Waals surface area contributed by atoms with Gasteiger partial charge in [0.25, 0.3) is 0 Å². The maximum absolute atomic E-state index is 11.6. The molecule has 2 nitrogen and oxygen atoms in total. The topological polar surface area (TPSA) is 43.1 Å². The smallest absolute Gasteiger partial charge is 0.134 e. The van der Waals surface area contributed by atoms with E-state index in [0.29, 0.717) is 18.1 Å². The van der Waals surface area contributed by atoms with Crippen molar-refractivity contribution in [2.45, 2.75) is 51.5 Å². The zero-order valence-electron chi connectivity index (χ0n) is 9.04. The Hall–Kier alpha value is -0.370. The summed E-state index contributed by atoms with van der Waals surface area (Å²) < 4.78 is 0. The Balaban J connectivity index is 1.78. The second kappa shape index (κ2) is 4.01. The van der Waals surface area contributed by atoms with E-state index < -0.39 is 0 Å². The van der Waals surface area contributed by atoms with Gasteiger partial charge in [0.1, 0.15) is 5.78 Å². The van der Waals surface area contributed by atoms with Crippen molar-refractivity contribution >= 4 is 5.78 Å². The number of fused-ring (bicyclic) bond motifs is 2. The molecule has 4 unspecified atom stereocenters. The highest BCUT2D eigenvalue weighted by atomic mass is 16.1. The molecule has 2 N–H and O–H groups in total. The van der Waals surface area contributed by atoms with Gasteiger partial charge in [0, 0.05) is 18.9 Å². The van der Waals surface area contributed by atoms with E-state index in [1.54, 1.807) is 0 Å². The summed E-state index contributed by atoms with van der Waals surface area (Å²) in [7, 11) is 0. The van der Waals surface area contributed by atoms with E-state index in [4.69, 9.17) is 5.73 Å². The normalized spacial score (nSPS) is 37.4. The van der Waals surface area contributed by atoms with Gasteiger partial charge in [-0.1, -0.05) is 6.42 Å². The maximum Gasteiger partial charge on any atom is 0.134 e. The molecule has 0 aromatic rings. The van der Waals surface area contributed by atoms with Crippen LogP contribution in [-0.2, 0) is 4.79 Å². The average molecular weight is 195 g/mol. The summed E-state index contributed by atoms with van der Waals surface area (Å²) in [5, 5.41) is 0. The quantitative estimate of drug-likeness (QED) is 0.746. The van der Waals surface area contributed by atoms with Crippen molar-refractivity contribution in [3.63, 3.8) is 0 Å². The number of rotatable bonds is 4. The number of hydrogen-bond donors (Lipinski definition) is 1. The second-order valence-electron chi connectivity index (χ2n) is 5.36. The third kappa shape index (κ3) is 2.17. The fourth-order valence-corrected chi connectivity index (χ4v) is 3.36. The average Bonchev–Trinajstić information content (AvgIpc) is 2.62. The highest BCUT2D eigenvalue weighted by Gasteiger charge is 2.39. The minimum Gasteiger partial charge on any atom is -0.328 e. The zero-order valence-corrected chi connectivity index (χ0v) is 9.04. The first-order chi connectivity index (χ1) is 6.65. The summed E-state index contributed by atoms with van der Waals surface area (Å²) in [6.45, 7) is 1.92. The highest BCUT2D eigenvalue weighted by Crippen LogP contribution is 2.49. The van der Waals surface area contributed by atoms with E-state index in [-0.39, 0.29) is 6.04 Å². The van der Waals surface area contributed by atoms with E-state index in [1.165, 1.54) is 25.7 Å². The minimum absolute atomic E-state index is 0.0427. The lowest BCUT2D eigenvalue weighted by molar-refractivity contribution is -0.120. The highest BCUT2D eigenvalue weighted by molar-refractivity contribution is 5.79. The number of carbonyl (C=O) groups is 1. The van der Waals surface area contributed by atoms with Gasteiger partial charge in [0.15, 0.2) is 0 Å². The lowest BCUT2D eigenvalue weighted by atomic mass is 9.84. The molecule has 2 fully saturated rings. The molecule has 0 aliphatic heterocycles. The Kier molecular flexibility index (Phi) is 2.91. The van der Waals surface area contributed by atoms with Crippen molar-refractivity contribution in [3.05, 3.63) is 0 Å². The van der Waals surface area contributed by atoms with Crippen molar-refractivity contribution in [2.24, 2.45) is 23.5 Å². The Labute approximate surface area is 86.2 Å². The van der Waals surface area contributed by atoms with Gasteiger partial charge in [-0.3, -0.25) is 4.79 Å². The van der Waals surface area contributed by atoms with E-state index in [2.05, 4.69) is 0 Å². The van der Waals surface area contributed by atoms with Crippen LogP contribution in [0.25, 0.3) is 0 Å². The van der Waals surface area contributed by atoms with Crippen LogP contribution in [0.1, 0.15) is 45.4 Å². The lowest BCUT2D eigenvalue weighted by Gasteiger charge is -2.20. The third-order valence-corrected chi connectivity index (χ3v) is 3.92. The van der Waals surface area contributed by atoms with E-state index in [9.17, 15) is 4.79 Å². The lowest BCUT2D eigenvalue weighted by Crippen LogP contribution is -2.22. The molecule has 14 heavy (non-hydrogen) atoms. The number of carbonyl (C=O) groups excluding carboxylic acids is 1. The first kappa shape index (κ1) is 10.2. The molecule has 2 rings (SSSR count). The molecule has 4 atom stereocenters. The summed E-state index contributed by atoms with van der Waals surface area (Å²) in [4.78, 5) is 11.6. The minimum atomic E-state index is 0.0427. The van der Waals surface area contributed by atoms with Gasteiger partial charge >= 0.3 is 0 Å². The van der Waals surface area contributed by atoms with Crippen molar-refractivity contribution in [3.8, 4) is 0 Å². The van der Waals surface area contributed by atoms with Crippen LogP contribution in [0.15, 0.2) is 0 Å². The van der Waals surface area contributed by atoms with Crippen LogP contribution in [0, 0.1) is 17.8 Å². The number of Topliss-reactive ketones (excluding diaryl/α,β-unsaturated/α-hetero) is 1. The molecule has 2 bridgehead atoms. The third-order valence-electron chi connectivity index (χ3n) is 3.92. The summed E-state index contributed by atoms with van der Waals surface area (Å²) in [5.74, 6) is 2.92. The molecule has 0 heterocycles. The zero-order chi connectivity index (χ0) is 10.1. The molecule has 0 saturated heterocycles. The van der Waals surface area contributed by atoms with Crippen LogP contribution in [0.4, 0.5) is 0 Å². The Morgan fingerprint density at radius 2 is 2.21 bits per heavy atom. The molecule has 0 aromatic heterocycles. The van der Waals surface area contributed by atoms with Gasteiger partial charge in [-0.15, -0.1) is 0 Å². The van der Waals surface area contributed by atoms with Crippen molar-refractivity contribution in [1.29, 1.82) is 0 Å².